The monoisotopic (exact) mass is 280 g/mol. The summed E-state index contributed by atoms with van der Waals surface area (Å²) in [4.78, 5) is 23.7. The smallest absolute Gasteiger partial charge is 0.311 e. The van der Waals surface area contributed by atoms with Crippen LogP contribution in [0.3, 0.4) is 0 Å². The number of nitrogens with one attached hydrogen (secondary N) is 2. The minimum atomic E-state index is -0.748. The number of carboxylic acids is 1. The molecule has 1 spiro atoms. The molecule has 1 saturated heterocycles. The summed E-state index contributed by atoms with van der Waals surface area (Å²) in [6.45, 7) is 2.32. The molecule has 0 aromatic heterocycles. The number of hydrogen-bond acceptors (Lipinski definition) is 3. The topological polar surface area (TPSA) is 78.4 Å². The number of hydrogen-bond donors (Lipinski definition) is 3. The van der Waals surface area contributed by atoms with Crippen LogP contribution in [0.4, 0.5) is 0 Å². The van der Waals surface area contributed by atoms with Gasteiger partial charge in [0.25, 0.3) is 0 Å². The van der Waals surface area contributed by atoms with Gasteiger partial charge in [-0.3, -0.25) is 9.59 Å². The van der Waals surface area contributed by atoms with E-state index in [1.54, 1.807) is 0 Å². The van der Waals surface area contributed by atoms with Crippen LogP contribution in [0.2, 0.25) is 0 Å². The lowest BCUT2D eigenvalue weighted by Gasteiger charge is -2.25. The Morgan fingerprint density at radius 1 is 1.15 bits per heavy atom. The first-order chi connectivity index (χ1) is 9.58. The first kappa shape index (κ1) is 13.9. The third-order valence-electron chi connectivity index (χ3n) is 5.72. The van der Waals surface area contributed by atoms with Gasteiger partial charge in [0.05, 0.1) is 5.41 Å². The number of amides is 1. The van der Waals surface area contributed by atoms with Gasteiger partial charge in [0.2, 0.25) is 5.91 Å². The van der Waals surface area contributed by atoms with E-state index < -0.39 is 11.4 Å². The molecule has 1 heterocycles. The highest BCUT2D eigenvalue weighted by Crippen LogP contribution is 2.58. The molecule has 1 unspecified atom stereocenters. The van der Waals surface area contributed by atoms with Crippen molar-refractivity contribution in [2.24, 2.45) is 16.7 Å². The normalized spacial score (nSPS) is 30.1. The van der Waals surface area contributed by atoms with Crippen LogP contribution in [0.1, 0.15) is 44.9 Å². The van der Waals surface area contributed by atoms with Gasteiger partial charge in [0.1, 0.15) is 0 Å². The van der Waals surface area contributed by atoms with Crippen LogP contribution in [0.15, 0.2) is 0 Å². The summed E-state index contributed by atoms with van der Waals surface area (Å²) in [6, 6.07) is 0. The lowest BCUT2D eigenvalue weighted by molar-refractivity contribution is -0.148. The molecule has 0 aromatic carbocycles. The maximum absolute atomic E-state index is 12.3. The summed E-state index contributed by atoms with van der Waals surface area (Å²) >= 11 is 0. The Hall–Kier alpha value is -1.10. The molecule has 1 atom stereocenters. The maximum Gasteiger partial charge on any atom is 0.311 e. The Morgan fingerprint density at radius 3 is 2.40 bits per heavy atom. The molecule has 0 bridgehead atoms. The second-order valence-corrected chi connectivity index (χ2v) is 6.88. The predicted molar refractivity (Wildman–Crippen MR) is 74.2 cm³/mol. The SMILES string of the molecule is O=C(NCC1(C(=O)O)CCCC1)C1CC12CCNCC2. The third-order valence-corrected chi connectivity index (χ3v) is 5.72. The summed E-state index contributed by atoms with van der Waals surface area (Å²) in [5.41, 5.74) is -0.479. The van der Waals surface area contributed by atoms with Crippen molar-refractivity contribution in [3.8, 4) is 0 Å². The average molecular weight is 280 g/mol. The maximum atomic E-state index is 12.3. The van der Waals surface area contributed by atoms with Crippen molar-refractivity contribution in [2.45, 2.75) is 44.9 Å². The zero-order valence-electron chi connectivity index (χ0n) is 11.9. The molecule has 0 radical (unpaired) electrons. The largest absolute Gasteiger partial charge is 0.481 e. The number of carboxylic acid groups (broad SMARTS) is 1. The van der Waals surface area contributed by atoms with Crippen molar-refractivity contribution < 1.29 is 14.7 Å². The number of piperidine rings is 1. The van der Waals surface area contributed by atoms with E-state index in [0.29, 0.717) is 19.4 Å². The van der Waals surface area contributed by atoms with Crippen LogP contribution in [-0.4, -0.2) is 36.6 Å². The Bertz CT molecular complexity index is 409. The van der Waals surface area contributed by atoms with Crippen LogP contribution in [0.25, 0.3) is 0 Å². The molecular formula is C15H24N2O3. The van der Waals surface area contributed by atoms with Gasteiger partial charge >= 0.3 is 5.97 Å². The summed E-state index contributed by atoms with van der Waals surface area (Å²) in [5, 5.41) is 15.7. The molecule has 3 rings (SSSR count). The highest BCUT2D eigenvalue weighted by atomic mass is 16.4. The molecule has 2 aliphatic carbocycles. The van der Waals surface area contributed by atoms with Crippen LogP contribution in [-0.2, 0) is 9.59 Å². The molecule has 3 aliphatic rings. The van der Waals surface area contributed by atoms with Crippen molar-refractivity contribution in [1.29, 1.82) is 0 Å². The predicted octanol–water partition coefficient (Wildman–Crippen LogP) is 1.14. The highest BCUT2D eigenvalue weighted by Gasteiger charge is 2.57. The summed E-state index contributed by atoms with van der Waals surface area (Å²) < 4.78 is 0. The third kappa shape index (κ3) is 2.32. The van der Waals surface area contributed by atoms with E-state index in [-0.39, 0.29) is 17.2 Å². The second kappa shape index (κ2) is 5.02. The number of carbonyl (C=O) groups is 2. The molecule has 20 heavy (non-hydrogen) atoms. The Morgan fingerprint density at radius 2 is 1.80 bits per heavy atom. The van der Waals surface area contributed by atoms with E-state index in [1.165, 1.54) is 0 Å². The molecule has 2 saturated carbocycles. The van der Waals surface area contributed by atoms with Gasteiger partial charge in [-0.1, -0.05) is 12.8 Å². The fraction of sp³-hybridized carbons (Fsp3) is 0.867. The first-order valence-electron chi connectivity index (χ1n) is 7.80. The van der Waals surface area contributed by atoms with Crippen LogP contribution < -0.4 is 10.6 Å². The van der Waals surface area contributed by atoms with Crippen LogP contribution in [0, 0.1) is 16.7 Å². The quantitative estimate of drug-likeness (QED) is 0.721. The van der Waals surface area contributed by atoms with Gasteiger partial charge in [-0.2, -0.15) is 0 Å². The number of aliphatic carboxylic acids is 1. The van der Waals surface area contributed by atoms with Gasteiger partial charge < -0.3 is 15.7 Å². The average Bonchev–Trinajstić information content (AvgIpc) is 2.92. The molecule has 0 aromatic rings. The van der Waals surface area contributed by atoms with Gasteiger partial charge in [0.15, 0.2) is 0 Å². The second-order valence-electron chi connectivity index (χ2n) is 6.88. The van der Waals surface area contributed by atoms with Crippen LogP contribution >= 0.6 is 0 Å². The first-order valence-corrected chi connectivity index (χ1v) is 7.80. The molecule has 1 aliphatic heterocycles. The molecular weight excluding hydrogens is 256 g/mol. The van der Waals surface area contributed by atoms with Crippen molar-refractivity contribution in [2.75, 3.05) is 19.6 Å². The van der Waals surface area contributed by atoms with E-state index in [4.69, 9.17) is 0 Å². The minimum absolute atomic E-state index is 0.0828. The molecule has 112 valence electrons. The molecule has 1 amide bonds. The van der Waals surface area contributed by atoms with E-state index >= 15 is 0 Å². The van der Waals surface area contributed by atoms with Crippen molar-refractivity contribution in [3.63, 3.8) is 0 Å². The standard InChI is InChI=1S/C15H24N2O3/c18-12(11-9-14(11)5-7-16-8-6-14)17-10-15(13(19)20)3-1-2-4-15/h11,16H,1-10H2,(H,17,18)(H,19,20). The van der Waals surface area contributed by atoms with E-state index in [2.05, 4.69) is 10.6 Å². The molecule has 5 nitrogen and oxygen atoms in total. The highest BCUT2D eigenvalue weighted by molar-refractivity contribution is 5.84. The number of carbonyl (C=O) groups excluding carboxylic acids is 1. The summed E-state index contributed by atoms with van der Waals surface area (Å²) in [5.74, 6) is -0.543. The Labute approximate surface area is 119 Å². The lowest BCUT2D eigenvalue weighted by Crippen LogP contribution is -2.42. The molecule has 3 N–H and O–H groups in total. The zero-order valence-corrected chi connectivity index (χ0v) is 11.9. The van der Waals surface area contributed by atoms with Crippen molar-refractivity contribution in [1.82, 2.24) is 10.6 Å². The van der Waals surface area contributed by atoms with Crippen LogP contribution in [0.5, 0.6) is 0 Å². The van der Waals surface area contributed by atoms with E-state index in [0.717, 1.165) is 45.2 Å². The molecule has 3 fully saturated rings. The van der Waals surface area contributed by atoms with E-state index in [1.807, 2.05) is 0 Å². The Kier molecular flexibility index (Phi) is 3.48. The van der Waals surface area contributed by atoms with Gasteiger partial charge in [-0.15, -0.1) is 0 Å². The van der Waals surface area contributed by atoms with Gasteiger partial charge in [-0.05, 0) is 50.6 Å². The Balaban J connectivity index is 1.54. The number of rotatable bonds is 4. The summed E-state index contributed by atoms with van der Waals surface area (Å²) in [6.07, 6.45) is 6.46. The molecule has 5 heteroatoms. The van der Waals surface area contributed by atoms with Gasteiger partial charge in [-0.25, -0.2) is 0 Å². The zero-order chi connectivity index (χ0) is 14.2. The van der Waals surface area contributed by atoms with Crippen molar-refractivity contribution in [3.05, 3.63) is 0 Å². The minimum Gasteiger partial charge on any atom is -0.481 e. The fourth-order valence-corrected chi connectivity index (χ4v) is 4.09. The van der Waals surface area contributed by atoms with Crippen molar-refractivity contribution >= 4 is 11.9 Å². The van der Waals surface area contributed by atoms with E-state index in [9.17, 15) is 14.7 Å². The van der Waals surface area contributed by atoms with Gasteiger partial charge in [0, 0.05) is 12.5 Å². The summed E-state index contributed by atoms with van der Waals surface area (Å²) in [7, 11) is 0. The fourth-order valence-electron chi connectivity index (χ4n) is 4.09. The lowest BCUT2D eigenvalue weighted by atomic mass is 9.86.